The van der Waals surface area contributed by atoms with Gasteiger partial charge in [-0.25, -0.2) is 4.98 Å². The summed E-state index contributed by atoms with van der Waals surface area (Å²) >= 11 is 0. The summed E-state index contributed by atoms with van der Waals surface area (Å²) in [5, 5.41) is 10.8. The number of methoxy groups -OCH3 is 1. The fourth-order valence-electron chi connectivity index (χ4n) is 2.55. The number of hydrogen-bond acceptors (Lipinski definition) is 8. The van der Waals surface area contributed by atoms with E-state index < -0.39 is 0 Å². The molecule has 2 heterocycles. The Morgan fingerprint density at radius 3 is 2.47 bits per heavy atom. The highest BCUT2D eigenvalue weighted by Crippen LogP contribution is 2.22. The zero-order valence-electron chi connectivity index (χ0n) is 16.0. The lowest BCUT2D eigenvalue weighted by Crippen LogP contribution is -2.13. The zero-order valence-corrected chi connectivity index (χ0v) is 16.0. The number of amides is 1. The van der Waals surface area contributed by atoms with Gasteiger partial charge in [-0.2, -0.15) is 0 Å². The first-order valence-corrected chi connectivity index (χ1v) is 8.98. The van der Waals surface area contributed by atoms with Crippen LogP contribution in [0.3, 0.4) is 0 Å². The van der Waals surface area contributed by atoms with Crippen molar-refractivity contribution in [3.8, 4) is 23.0 Å². The molecule has 4 aromatic rings. The SMILES string of the molecule is COc1ccc(-c2nnc(COc3ccc(NC(=O)c4cnccn4)cc3)o2)cc1. The van der Waals surface area contributed by atoms with Crippen LogP contribution < -0.4 is 14.8 Å². The highest BCUT2D eigenvalue weighted by molar-refractivity contribution is 6.02. The van der Waals surface area contributed by atoms with E-state index in [0.29, 0.717) is 23.2 Å². The molecule has 4 rings (SSSR count). The number of aromatic nitrogens is 4. The average molecular weight is 403 g/mol. The molecule has 1 N–H and O–H groups in total. The molecule has 0 bridgehead atoms. The molecular formula is C21H17N5O4. The van der Waals surface area contributed by atoms with Gasteiger partial charge in [-0.3, -0.25) is 9.78 Å². The fraction of sp³-hybridized carbons (Fsp3) is 0.0952. The number of anilines is 1. The first kappa shape index (κ1) is 19.1. The standard InChI is InChI=1S/C21H17N5O4/c1-28-16-6-2-14(3-7-16)21-26-25-19(30-21)13-29-17-8-4-15(5-9-17)24-20(27)18-12-22-10-11-23-18/h2-12H,13H2,1H3,(H,24,27). The summed E-state index contributed by atoms with van der Waals surface area (Å²) in [6.45, 7) is 0.120. The molecule has 0 aliphatic carbocycles. The Labute approximate surface area is 171 Å². The summed E-state index contributed by atoms with van der Waals surface area (Å²) in [6, 6.07) is 14.2. The summed E-state index contributed by atoms with van der Waals surface area (Å²) in [5.41, 5.74) is 1.64. The molecule has 0 radical (unpaired) electrons. The van der Waals surface area contributed by atoms with Gasteiger partial charge in [0, 0.05) is 23.6 Å². The van der Waals surface area contributed by atoms with Crippen LogP contribution >= 0.6 is 0 Å². The Bertz CT molecular complexity index is 1110. The quantitative estimate of drug-likeness (QED) is 0.500. The Morgan fingerprint density at radius 2 is 1.77 bits per heavy atom. The molecule has 0 unspecified atom stereocenters. The fourth-order valence-corrected chi connectivity index (χ4v) is 2.55. The van der Waals surface area contributed by atoms with Crippen LogP contribution in [0, 0.1) is 0 Å². The van der Waals surface area contributed by atoms with E-state index in [9.17, 15) is 4.79 Å². The molecular weight excluding hydrogens is 386 g/mol. The van der Waals surface area contributed by atoms with Crippen LogP contribution in [-0.4, -0.2) is 33.2 Å². The highest BCUT2D eigenvalue weighted by atomic mass is 16.5. The van der Waals surface area contributed by atoms with Gasteiger partial charge >= 0.3 is 0 Å². The molecule has 0 aliphatic rings. The third-order valence-corrected chi connectivity index (χ3v) is 4.07. The molecule has 2 aromatic heterocycles. The maximum absolute atomic E-state index is 12.1. The van der Waals surface area contributed by atoms with E-state index in [1.54, 1.807) is 31.4 Å². The van der Waals surface area contributed by atoms with Gasteiger partial charge < -0.3 is 19.2 Å². The van der Waals surface area contributed by atoms with Crippen molar-refractivity contribution in [3.63, 3.8) is 0 Å². The first-order chi connectivity index (χ1) is 14.7. The molecule has 0 spiro atoms. The maximum Gasteiger partial charge on any atom is 0.275 e. The lowest BCUT2D eigenvalue weighted by atomic mass is 10.2. The van der Waals surface area contributed by atoms with Crippen LogP contribution in [0.5, 0.6) is 11.5 Å². The number of benzene rings is 2. The normalized spacial score (nSPS) is 10.4. The van der Waals surface area contributed by atoms with Gasteiger partial charge in [0.2, 0.25) is 5.89 Å². The molecule has 0 fully saturated rings. The molecule has 2 aromatic carbocycles. The lowest BCUT2D eigenvalue weighted by Gasteiger charge is -2.06. The van der Waals surface area contributed by atoms with Crippen molar-refractivity contribution in [1.82, 2.24) is 20.2 Å². The molecule has 0 atom stereocenters. The minimum absolute atomic E-state index is 0.120. The molecule has 1 amide bonds. The minimum Gasteiger partial charge on any atom is -0.497 e. The minimum atomic E-state index is -0.339. The second-order valence-corrected chi connectivity index (χ2v) is 6.09. The van der Waals surface area contributed by atoms with Gasteiger partial charge in [-0.1, -0.05) is 0 Å². The van der Waals surface area contributed by atoms with E-state index in [2.05, 4.69) is 25.5 Å². The van der Waals surface area contributed by atoms with E-state index in [-0.39, 0.29) is 18.2 Å². The van der Waals surface area contributed by atoms with Crippen LogP contribution in [0.15, 0.2) is 71.5 Å². The van der Waals surface area contributed by atoms with Gasteiger partial charge in [0.15, 0.2) is 6.61 Å². The molecule has 9 nitrogen and oxygen atoms in total. The second-order valence-electron chi connectivity index (χ2n) is 6.09. The number of carbonyl (C=O) groups is 1. The molecule has 0 saturated carbocycles. The van der Waals surface area contributed by atoms with E-state index in [4.69, 9.17) is 13.9 Å². The summed E-state index contributed by atoms with van der Waals surface area (Å²) < 4.78 is 16.4. The smallest absolute Gasteiger partial charge is 0.275 e. The largest absolute Gasteiger partial charge is 0.497 e. The summed E-state index contributed by atoms with van der Waals surface area (Å²) in [6.07, 6.45) is 4.37. The van der Waals surface area contributed by atoms with Crippen molar-refractivity contribution in [3.05, 3.63) is 78.7 Å². The van der Waals surface area contributed by atoms with Crippen molar-refractivity contribution in [1.29, 1.82) is 0 Å². The van der Waals surface area contributed by atoms with E-state index in [0.717, 1.165) is 11.3 Å². The van der Waals surface area contributed by atoms with Crippen molar-refractivity contribution in [2.75, 3.05) is 12.4 Å². The third-order valence-electron chi connectivity index (χ3n) is 4.07. The molecule has 9 heteroatoms. The number of rotatable bonds is 7. The highest BCUT2D eigenvalue weighted by Gasteiger charge is 2.10. The van der Waals surface area contributed by atoms with E-state index >= 15 is 0 Å². The number of nitrogens with one attached hydrogen (secondary N) is 1. The van der Waals surface area contributed by atoms with E-state index in [1.165, 1.54) is 18.6 Å². The maximum atomic E-state index is 12.1. The zero-order chi connectivity index (χ0) is 20.8. The summed E-state index contributed by atoms with van der Waals surface area (Å²) in [5.74, 6) is 1.75. The molecule has 30 heavy (non-hydrogen) atoms. The van der Waals surface area contributed by atoms with Gasteiger partial charge in [-0.05, 0) is 48.5 Å². The van der Waals surface area contributed by atoms with Crippen LogP contribution in [0.2, 0.25) is 0 Å². The number of carbonyl (C=O) groups excluding carboxylic acids is 1. The van der Waals surface area contributed by atoms with Crippen LogP contribution in [0.4, 0.5) is 5.69 Å². The predicted octanol–water partition coefficient (Wildman–Crippen LogP) is 3.37. The first-order valence-electron chi connectivity index (χ1n) is 8.98. The molecule has 150 valence electrons. The Morgan fingerprint density at radius 1 is 1.00 bits per heavy atom. The monoisotopic (exact) mass is 403 g/mol. The lowest BCUT2D eigenvalue weighted by molar-refractivity contribution is 0.102. The topological polar surface area (TPSA) is 112 Å². The average Bonchev–Trinajstić information content (AvgIpc) is 3.28. The van der Waals surface area contributed by atoms with Crippen molar-refractivity contribution >= 4 is 11.6 Å². The second kappa shape index (κ2) is 8.82. The van der Waals surface area contributed by atoms with Crippen LogP contribution in [0.1, 0.15) is 16.4 Å². The van der Waals surface area contributed by atoms with Crippen molar-refractivity contribution in [2.45, 2.75) is 6.61 Å². The van der Waals surface area contributed by atoms with Gasteiger partial charge in [0.05, 0.1) is 13.3 Å². The predicted molar refractivity (Wildman–Crippen MR) is 107 cm³/mol. The van der Waals surface area contributed by atoms with Crippen LogP contribution in [0.25, 0.3) is 11.5 Å². The van der Waals surface area contributed by atoms with Crippen LogP contribution in [-0.2, 0) is 6.61 Å². The van der Waals surface area contributed by atoms with Gasteiger partial charge in [0.25, 0.3) is 11.8 Å². The number of hydrogen-bond donors (Lipinski definition) is 1. The van der Waals surface area contributed by atoms with E-state index in [1.807, 2.05) is 24.3 Å². The summed E-state index contributed by atoms with van der Waals surface area (Å²) in [7, 11) is 1.61. The Hall–Kier alpha value is -4.27. The molecule has 0 aliphatic heterocycles. The van der Waals surface area contributed by atoms with Gasteiger partial charge in [-0.15, -0.1) is 10.2 Å². The third kappa shape index (κ3) is 4.58. The number of nitrogens with zero attached hydrogens (tertiary/aromatic N) is 4. The van der Waals surface area contributed by atoms with Crippen molar-refractivity contribution in [2.24, 2.45) is 0 Å². The van der Waals surface area contributed by atoms with Crippen molar-refractivity contribution < 1.29 is 18.7 Å². The Balaban J connectivity index is 1.33. The Kier molecular flexibility index (Phi) is 5.61. The molecule has 0 saturated heterocycles. The number of ether oxygens (including phenoxy) is 2. The summed E-state index contributed by atoms with van der Waals surface area (Å²) in [4.78, 5) is 19.9. The van der Waals surface area contributed by atoms with Gasteiger partial charge in [0.1, 0.15) is 17.2 Å².